The number of aromatic hydroxyl groups is 1. The Hall–Kier alpha value is -2.08. The molecular weight excluding hydrogens is 342 g/mol. The van der Waals surface area contributed by atoms with Crippen LogP contribution in [0.4, 0.5) is 17.1 Å². The summed E-state index contributed by atoms with van der Waals surface area (Å²) in [4.78, 5) is 3.47. The summed E-state index contributed by atoms with van der Waals surface area (Å²) in [6, 6.07) is 13.8. The number of anilines is 3. The van der Waals surface area contributed by atoms with Crippen LogP contribution in [0.15, 0.2) is 69.4 Å². The molecule has 4 aromatic rings. The van der Waals surface area contributed by atoms with Crippen LogP contribution < -0.4 is 4.90 Å². The van der Waals surface area contributed by atoms with E-state index in [2.05, 4.69) is 50.0 Å². The maximum absolute atomic E-state index is 9.56. The van der Waals surface area contributed by atoms with Crippen molar-refractivity contribution in [2.24, 2.45) is 0 Å². The van der Waals surface area contributed by atoms with Gasteiger partial charge in [-0.15, -0.1) is 11.3 Å². The summed E-state index contributed by atoms with van der Waals surface area (Å²) in [6.45, 7) is 0. The zero-order valence-electron chi connectivity index (χ0n) is 12.0. The molecule has 0 bridgehead atoms. The molecule has 0 unspecified atom stereocenters. The lowest BCUT2D eigenvalue weighted by Gasteiger charge is -2.22. The first kappa shape index (κ1) is 14.5. The number of hydrogen-bond acceptors (Lipinski definition) is 5. The van der Waals surface area contributed by atoms with Gasteiger partial charge in [0.15, 0.2) is 0 Å². The summed E-state index contributed by atoms with van der Waals surface area (Å²) in [5.41, 5.74) is 4.58. The second-order valence-electron chi connectivity index (χ2n) is 5.01. The highest BCUT2D eigenvalue weighted by Crippen LogP contribution is 2.41. The molecule has 23 heavy (non-hydrogen) atoms. The van der Waals surface area contributed by atoms with Gasteiger partial charge in [-0.05, 0) is 58.6 Å². The first-order valence-electron chi connectivity index (χ1n) is 7.04. The minimum atomic E-state index is 0.281. The van der Waals surface area contributed by atoms with E-state index >= 15 is 0 Å². The molecule has 0 saturated heterocycles. The minimum Gasteiger partial charge on any atom is -0.508 e. The molecule has 0 atom stereocenters. The molecule has 1 N–H and O–H groups in total. The summed E-state index contributed by atoms with van der Waals surface area (Å²) in [7, 11) is 0. The highest BCUT2D eigenvalue weighted by atomic mass is 32.1. The van der Waals surface area contributed by atoms with Crippen LogP contribution in [0.25, 0.3) is 10.4 Å². The van der Waals surface area contributed by atoms with Crippen LogP contribution in [-0.4, -0.2) is 5.11 Å². The van der Waals surface area contributed by atoms with Crippen LogP contribution in [0.2, 0.25) is 0 Å². The molecule has 0 saturated carbocycles. The molecule has 0 aliphatic rings. The first-order valence-corrected chi connectivity index (χ1v) is 9.80. The van der Waals surface area contributed by atoms with Gasteiger partial charge in [-0.3, -0.25) is 0 Å². The van der Waals surface area contributed by atoms with Gasteiger partial charge in [-0.25, -0.2) is 0 Å². The lowest BCUT2D eigenvalue weighted by molar-refractivity contribution is 0.475. The van der Waals surface area contributed by atoms with Crippen molar-refractivity contribution in [2.45, 2.75) is 0 Å². The van der Waals surface area contributed by atoms with E-state index in [1.807, 2.05) is 12.1 Å². The van der Waals surface area contributed by atoms with Crippen molar-refractivity contribution in [1.82, 2.24) is 0 Å². The lowest BCUT2D eigenvalue weighted by Crippen LogP contribution is -2.07. The molecule has 4 rings (SSSR count). The number of benzene rings is 1. The SMILES string of the molecule is Oc1ccc(N(c2ccsc2)c2csc(-c3ccsc3)c2)cc1. The van der Waals surface area contributed by atoms with E-state index in [4.69, 9.17) is 0 Å². The molecule has 2 nitrogen and oxygen atoms in total. The molecule has 1 aromatic carbocycles. The Kier molecular flexibility index (Phi) is 3.91. The fourth-order valence-corrected chi connectivity index (χ4v) is 4.66. The minimum absolute atomic E-state index is 0.281. The van der Waals surface area contributed by atoms with E-state index in [0.717, 1.165) is 17.1 Å². The Balaban J connectivity index is 1.78. The van der Waals surface area contributed by atoms with Crippen molar-refractivity contribution in [3.05, 3.63) is 69.4 Å². The van der Waals surface area contributed by atoms with Crippen molar-refractivity contribution in [3.8, 4) is 16.2 Å². The van der Waals surface area contributed by atoms with Gasteiger partial charge in [0.1, 0.15) is 5.75 Å². The highest BCUT2D eigenvalue weighted by molar-refractivity contribution is 7.14. The van der Waals surface area contributed by atoms with E-state index in [0.29, 0.717) is 0 Å². The molecule has 114 valence electrons. The van der Waals surface area contributed by atoms with Crippen molar-refractivity contribution in [3.63, 3.8) is 0 Å². The molecule has 0 radical (unpaired) electrons. The van der Waals surface area contributed by atoms with E-state index in [1.165, 1.54) is 10.4 Å². The standard InChI is InChI=1S/C18H13NOS3/c20-17-3-1-14(2-4-17)19(15-6-8-22-11-15)16-9-18(23-12-16)13-5-7-21-10-13/h1-12,20H. The van der Waals surface area contributed by atoms with E-state index < -0.39 is 0 Å². The lowest BCUT2D eigenvalue weighted by atomic mass is 10.2. The Bertz CT molecular complexity index is 877. The Labute approximate surface area is 146 Å². The monoisotopic (exact) mass is 355 g/mol. The zero-order valence-corrected chi connectivity index (χ0v) is 14.5. The molecule has 3 heterocycles. The summed E-state index contributed by atoms with van der Waals surface area (Å²) in [5, 5.41) is 20.2. The summed E-state index contributed by atoms with van der Waals surface area (Å²) >= 11 is 5.14. The van der Waals surface area contributed by atoms with Gasteiger partial charge < -0.3 is 10.0 Å². The summed E-state index contributed by atoms with van der Waals surface area (Å²) < 4.78 is 0. The van der Waals surface area contributed by atoms with Crippen molar-refractivity contribution in [2.75, 3.05) is 4.90 Å². The molecule has 0 aliphatic heterocycles. The molecule has 0 spiro atoms. The number of nitrogens with zero attached hydrogens (tertiary/aromatic N) is 1. The van der Waals surface area contributed by atoms with Crippen molar-refractivity contribution < 1.29 is 5.11 Å². The zero-order chi connectivity index (χ0) is 15.6. The number of phenolic OH excluding ortho intramolecular Hbond substituents is 1. The van der Waals surface area contributed by atoms with Gasteiger partial charge in [-0.1, -0.05) is 0 Å². The fourth-order valence-electron chi connectivity index (χ4n) is 2.43. The van der Waals surface area contributed by atoms with E-state index in [9.17, 15) is 5.11 Å². The predicted octanol–water partition coefficient (Wildman–Crippen LogP) is 6.71. The molecule has 5 heteroatoms. The van der Waals surface area contributed by atoms with Crippen molar-refractivity contribution in [1.29, 1.82) is 0 Å². The Morgan fingerprint density at radius 2 is 1.52 bits per heavy atom. The van der Waals surface area contributed by atoms with Gasteiger partial charge in [0.2, 0.25) is 0 Å². The summed E-state index contributed by atoms with van der Waals surface area (Å²) in [6.07, 6.45) is 0. The third-order valence-electron chi connectivity index (χ3n) is 3.52. The average Bonchev–Trinajstić information content (AvgIpc) is 3.32. The van der Waals surface area contributed by atoms with Crippen LogP contribution in [0, 0.1) is 0 Å². The first-order chi connectivity index (χ1) is 11.3. The van der Waals surface area contributed by atoms with Crippen molar-refractivity contribution >= 4 is 51.1 Å². The van der Waals surface area contributed by atoms with Gasteiger partial charge in [0, 0.05) is 26.9 Å². The van der Waals surface area contributed by atoms with Crippen LogP contribution in [0.3, 0.4) is 0 Å². The Morgan fingerprint density at radius 1 is 0.739 bits per heavy atom. The predicted molar refractivity (Wildman–Crippen MR) is 102 cm³/mol. The molecule has 0 fully saturated rings. The number of thiophene rings is 3. The number of hydrogen-bond donors (Lipinski definition) is 1. The van der Waals surface area contributed by atoms with Gasteiger partial charge >= 0.3 is 0 Å². The van der Waals surface area contributed by atoms with Gasteiger partial charge in [0.05, 0.1) is 11.4 Å². The largest absolute Gasteiger partial charge is 0.508 e. The van der Waals surface area contributed by atoms with Gasteiger partial charge in [-0.2, -0.15) is 22.7 Å². The van der Waals surface area contributed by atoms with Crippen LogP contribution in [-0.2, 0) is 0 Å². The normalized spacial score (nSPS) is 10.8. The topological polar surface area (TPSA) is 23.5 Å². The van der Waals surface area contributed by atoms with Crippen LogP contribution in [0.5, 0.6) is 5.75 Å². The fraction of sp³-hybridized carbons (Fsp3) is 0. The molecule has 0 amide bonds. The van der Waals surface area contributed by atoms with Gasteiger partial charge in [0.25, 0.3) is 0 Å². The third kappa shape index (κ3) is 2.91. The van der Waals surface area contributed by atoms with Crippen LogP contribution >= 0.6 is 34.0 Å². The molecular formula is C18H13NOS3. The molecule has 3 aromatic heterocycles. The quantitative estimate of drug-likeness (QED) is 0.439. The highest BCUT2D eigenvalue weighted by Gasteiger charge is 2.15. The maximum Gasteiger partial charge on any atom is 0.115 e. The maximum atomic E-state index is 9.56. The third-order valence-corrected chi connectivity index (χ3v) is 5.84. The average molecular weight is 356 g/mol. The second-order valence-corrected chi connectivity index (χ2v) is 7.49. The second kappa shape index (κ2) is 6.20. The summed E-state index contributed by atoms with van der Waals surface area (Å²) in [5.74, 6) is 0.281. The van der Waals surface area contributed by atoms with Crippen LogP contribution in [0.1, 0.15) is 0 Å². The van der Waals surface area contributed by atoms with E-state index in [1.54, 1.807) is 46.1 Å². The number of phenols is 1. The number of rotatable bonds is 4. The Morgan fingerprint density at radius 3 is 2.22 bits per heavy atom. The molecule has 0 aliphatic carbocycles. The van der Waals surface area contributed by atoms with E-state index in [-0.39, 0.29) is 5.75 Å². The smallest absolute Gasteiger partial charge is 0.115 e.